The Morgan fingerprint density at radius 1 is 1.22 bits per heavy atom. The Bertz CT molecular complexity index is 430. The molecule has 96 valence electrons. The van der Waals surface area contributed by atoms with Gasteiger partial charge in [-0.25, -0.2) is 4.79 Å². The molecule has 0 fully saturated rings. The van der Waals surface area contributed by atoms with E-state index in [1.54, 1.807) is 30.3 Å². The monoisotopic (exact) mass is 246 g/mol. The van der Waals surface area contributed by atoms with E-state index in [1.165, 1.54) is 13.0 Å². The first kappa shape index (κ1) is 14.2. The summed E-state index contributed by atoms with van der Waals surface area (Å²) in [5.41, 5.74) is 1.53. The van der Waals surface area contributed by atoms with Gasteiger partial charge in [0.2, 0.25) is 0 Å². The molecular weight excluding hydrogens is 228 g/mol. The van der Waals surface area contributed by atoms with E-state index in [0.717, 1.165) is 18.4 Å². The van der Waals surface area contributed by atoms with Gasteiger partial charge in [0.25, 0.3) is 0 Å². The largest absolute Gasteiger partial charge is 0.463 e. The summed E-state index contributed by atoms with van der Waals surface area (Å²) in [7, 11) is 0. The second-order valence-corrected chi connectivity index (χ2v) is 4.03. The van der Waals surface area contributed by atoms with E-state index in [4.69, 9.17) is 4.74 Å². The Morgan fingerprint density at radius 2 is 1.89 bits per heavy atom. The van der Waals surface area contributed by atoms with Gasteiger partial charge in [0, 0.05) is 11.6 Å². The molecule has 0 spiro atoms. The maximum atomic E-state index is 11.3. The topological polar surface area (TPSA) is 43.4 Å². The van der Waals surface area contributed by atoms with E-state index in [0.29, 0.717) is 12.2 Å². The number of esters is 1. The Balaban J connectivity index is 2.51. The van der Waals surface area contributed by atoms with Gasteiger partial charge >= 0.3 is 5.97 Å². The minimum Gasteiger partial charge on any atom is -0.463 e. The van der Waals surface area contributed by atoms with Crippen LogP contribution in [0.3, 0.4) is 0 Å². The highest BCUT2D eigenvalue weighted by molar-refractivity contribution is 5.94. The van der Waals surface area contributed by atoms with Gasteiger partial charge < -0.3 is 4.74 Å². The number of hydrogen-bond donors (Lipinski definition) is 0. The Kier molecular flexibility index (Phi) is 5.85. The molecule has 3 nitrogen and oxygen atoms in total. The smallest absolute Gasteiger partial charge is 0.330 e. The van der Waals surface area contributed by atoms with Gasteiger partial charge in [0.1, 0.15) is 0 Å². The second-order valence-electron chi connectivity index (χ2n) is 4.03. The van der Waals surface area contributed by atoms with E-state index in [-0.39, 0.29) is 11.8 Å². The molecule has 18 heavy (non-hydrogen) atoms. The van der Waals surface area contributed by atoms with Gasteiger partial charge in [-0.15, -0.1) is 0 Å². The third-order valence-electron chi connectivity index (χ3n) is 2.47. The van der Waals surface area contributed by atoms with Gasteiger partial charge in [-0.2, -0.15) is 0 Å². The first-order valence-electron chi connectivity index (χ1n) is 6.09. The molecule has 1 aromatic carbocycles. The van der Waals surface area contributed by atoms with E-state index < -0.39 is 0 Å². The lowest BCUT2D eigenvalue weighted by atomic mass is 10.1. The van der Waals surface area contributed by atoms with Crippen molar-refractivity contribution < 1.29 is 14.3 Å². The van der Waals surface area contributed by atoms with Crippen LogP contribution in [0.4, 0.5) is 0 Å². The number of carbonyl (C=O) groups excluding carboxylic acids is 2. The molecule has 3 heteroatoms. The molecule has 0 aliphatic rings. The Labute approximate surface area is 107 Å². The normalized spacial score (nSPS) is 10.6. The molecule has 0 bridgehead atoms. The fourth-order valence-corrected chi connectivity index (χ4v) is 1.36. The highest BCUT2D eigenvalue weighted by atomic mass is 16.5. The molecule has 0 unspecified atom stereocenters. The van der Waals surface area contributed by atoms with Crippen LogP contribution in [0, 0.1) is 0 Å². The first-order chi connectivity index (χ1) is 8.63. The molecule has 1 aromatic rings. The standard InChI is InChI=1S/C15H18O3/c1-3-4-11-18-15(17)10-7-13-5-8-14(9-6-13)12(2)16/h5-10H,3-4,11H2,1-2H3/b10-7-. The zero-order valence-electron chi connectivity index (χ0n) is 10.8. The number of unbranched alkanes of at least 4 members (excludes halogenated alkanes) is 1. The Hall–Kier alpha value is -1.90. The Morgan fingerprint density at radius 3 is 2.44 bits per heavy atom. The van der Waals surface area contributed by atoms with Crippen LogP contribution in [-0.4, -0.2) is 18.4 Å². The maximum absolute atomic E-state index is 11.3. The number of ketones is 1. The van der Waals surface area contributed by atoms with Crippen molar-refractivity contribution in [2.24, 2.45) is 0 Å². The molecule has 0 radical (unpaired) electrons. The van der Waals surface area contributed by atoms with E-state index in [9.17, 15) is 9.59 Å². The van der Waals surface area contributed by atoms with Crippen molar-refractivity contribution in [1.29, 1.82) is 0 Å². The molecule has 0 aliphatic carbocycles. The van der Waals surface area contributed by atoms with Gasteiger partial charge in [0.05, 0.1) is 6.61 Å². The predicted octanol–water partition coefficient (Wildman–Crippen LogP) is 3.25. The van der Waals surface area contributed by atoms with Gasteiger partial charge in [0.15, 0.2) is 5.78 Å². The van der Waals surface area contributed by atoms with Crippen LogP contribution in [0.5, 0.6) is 0 Å². The average Bonchev–Trinajstić information content (AvgIpc) is 2.37. The van der Waals surface area contributed by atoms with Crippen LogP contribution < -0.4 is 0 Å². The molecular formula is C15H18O3. The van der Waals surface area contributed by atoms with Gasteiger partial charge in [-0.3, -0.25) is 4.79 Å². The minimum atomic E-state index is -0.334. The van der Waals surface area contributed by atoms with E-state index in [2.05, 4.69) is 0 Å². The fourth-order valence-electron chi connectivity index (χ4n) is 1.36. The van der Waals surface area contributed by atoms with Crippen LogP contribution in [-0.2, 0) is 9.53 Å². The average molecular weight is 246 g/mol. The van der Waals surface area contributed by atoms with Crippen molar-refractivity contribution in [3.05, 3.63) is 41.5 Å². The number of ether oxygens (including phenoxy) is 1. The minimum absolute atomic E-state index is 0.0319. The zero-order valence-corrected chi connectivity index (χ0v) is 10.8. The molecule has 0 saturated carbocycles. The van der Waals surface area contributed by atoms with Crippen molar-refractivity contribution in [2.45, 2.75) is 26.7 Å². The third-order valence-corrected chi connectivity index (χ3v) is 2.47. The van der Waals surface area contributed by atoms with Crippen molar-refractivity contribution >= 4 is 17.8 Å². The highest BCUT2D eigenvalue weighted by Gasteiger charge is 1.98. The number of hydrogen-bond acceptors (Lipinski definition) is 3. The molecule has 0 atom stereocenters. The number of Topliss-reactive ketones (excluding diaryl/α,β-unsaturated/α-hetero) is 1. The maximum Gasteiger partial charge on any atom is 0.330 e. The zero-order chi connectivity index (χ0) is 13.4. The lowest BCUT2D eigenvalue weighted by molar-refractivity contribution is -0.137. The summed E-state index contributed by atoms with van der Waals surface area (Å²) in [5, 5.41) is 0. The van der Waals surface area contributed by atoms with E-state index >= 15 is 0 Å². The molecule has 0 aromatic heterocycles. The van der Waals surface area contributed by atoms with E-state index in [1.807, 2.05) is 6.92 Å². The van der Waals surface area contributed by atoms with Crippen LogP contribution in [0.25, 0.3) is 6.08 Å². The molecule has 0 aliphatic heterocycles. The molecule has 0 heterocycles. The first-order valence-corrected chi connectivity index (χ1v) is 6.09. The van der Waals surface area contributed by atoms with Crippen LogP contribution in [0.1, 0.15) is 42.6 Å². The van der Waals surface area contributed by atoms with Gasteiger partial charge in [-0.1, -0.05) is 37.6 Å². The van der Waals surface area contributed by atoms with Gasteiger partial charge in [-0.05, 0) is 25.0 Å². The SMILES string of the molecule is CCCCOC(=O)/C=C\c1ccc(C(C)=O)cc1. The summed E-state index contributed by atoms with van der Waals surface area (Å²) in [5.74, 6) is -0.302. The summed E-state index contributed by atoms with van der Waals surface area (Å²) >= 11 is 0. The summed E-state index contributed by atoms with van der Waals surface area (Å²) in [6.07, 6.45) is 4.97. The van der Waals surface area contributed by atoms with Crippen LogP contribution in [0.15, 0.2) is 30.3 Å². The lowest BCUT2D eigenvalue weighted by Crippen LogP contribution is -2.01. The van der Waals surface area contributed by atoms with Crippen LogP contribution >= 0.6 is 0 Å². The number of carbonyl (C=O) groups is 2. The van der Waals surface area contributed by atoms with Crippen molar-refractivity contribution in [3.63, 3.8) is 0 Å². The molecule has 0 amide bonds. The van der Waals surface area contributed by atoms with Crippen LogP contribution in [0.2, 0.25) is 0 Å². The van der Waals surface area contributed by atoms with Crippen molar-refractivity contribution in [3.8, 4) is 0 Å². The molecule has 1 rings (SSSR count). The predicted molar refractivity (Wildman–Crippen MR) is 71.3 cm³/mol. The quantitative estimate of drug-likeness (QED) is 0.335. The summed E-state index contributed by atoms with van der Waals surface area (Å²) in [4.78, 5) is 22.4. The second kappa shape index (κ2) is 7.43. The number of rotatable bonds is 6. The molecule has 0 N–H and O–H groups in total. The van der Waals surface area contributed by atoms with Crippen molar-refractivity contribution in [1.82, 2.24) is 0 Å². The lowest BCUT2D eigenvalue weighted by Gasteiger charge is -1.99. The fraction of sp³-hybridized carbons (Fsp3) is 0.333. The summed E-state index contributed by atoms with van der Waals surface area (Å²) in [6.45, 7) is 4.03. The third kappa shape index (κ3) is 4.95. The summed E-state index contributed by atoms with van der Waals surface area (Å²) in [6, 6.07) is 7.08. The highest BCUT2D eigenvalue weighted by Crippen LogP contribution is 2.07. The number of benzene rings is 1. The molecule has 0 saturated heterocycles. The van der Waals surface area contributed by atoms with Crippen molar-refractivity contribution in [2.75, 3.05) is 6.61 Å². The summed E-state index contributed by atoms with van der Waals surface area (Å²) < 4.78 is 4.99.